The quantitative estimate of drug-likeness (QED) is 0.803. The average molecular weight is 324 g/mol. The average Bonchev–Trinajstić information content (AvgIpc) is 2.83. The number of hydrogen-bond acceptors (Lipinski definition) is 3. The van der Waals surface area contributed by atoms with Gasteiger partial charge in [-0.15, -0.1) is 0 Å². The first-order chi connectivity index (χ1) is 11.1. The molecule has 2 heterocycles. The first-order valence-corrected chi connectivity index (χ1v) is 9.34. The fraction of sp³-hybridized carbons (Fsp3) is 0.167. The van der Waals surface area contributed by atoms with E-state index in [1.165, 1.54) is 10.6 Å². The van der Waals surface area contributed by atoms with E-state index in [2.05, 4.69) is 11.1 Å². The van der Waals surface area contributed by atoms with Crippen molar-refractivity contribution in [3.8, 4) is 0 Å². The third-order valence-corrected chi connectivity index (χ3v) is 5.27. The molecule has 0 fully saturated rings. The van der Waals surface area contributed by atoms with Crippen molar-refractivity contribution in [2.45, 2.75) is 12.3 Å². The Morgan fingerprint density at radius 2 is 1.83 bits per heavy atom. The van der Waals surface area contributed by atoms with Crippen LogP contribution in [0.4, 0.5) is 11.4 Å². The molecule has 1 atom stereocenters. The van der Waals surface area contributed by atoms with Crippen LogP contribution in [-0.2, 0) is 10.0 Å². The van der Waals surface area contributed by atoms with E-state index < -0.39 is 10.0 Å². The Bertz CT molecular complexity index is 945. The molecule has 0 aromatic heterocycles. The lowest BCUT2D eigenvalue weighted by Crippen LogP contribution is -2.39. The fourth-order valence-corrected chi connectivity index (χ4v) is 4.29. The maximum atomic E-state index is 12.5. The van der Waals surface area contributed by atoms with E-state index in [1.807, 2.05) is 54.6 Å². The van der Waals surface area contributed by atoms with Gasteiger partial charge in [-0.1, -0.05) is 48.6 Å². The maximum Gasteiger partial charge on any atom is 0.237 e. The molecule has 0 amide bonds. The van der Waals surface area contributed by atoms with E-state index >= 15 is 0 Å². The largest absolute Gasteiger partial charge is 0.237 e. The summed E-state index contributed by atoms with van der Waals surface area (Å²) in [7, 11) is -3.48. The van der Waals surface area contributed by atoms with Crippen LogP contribution in [0.25, 0.3) is 6.08 Å². The minimum absolute atomic E-state index is 0.0365. The highest BCUT2D eigenvalue weighted by Gasteiger charge is 2.36. The first kappa shape index (κ1) is 14.2. The van der Waals surface area contributed by atoms with E-state index in [1.54, 1.807) is 0 Å². The molecule has 0 spiro atoms. The summed E-state index contributed by atoms with van der Waals surface area (Å²) in [5.41, 5.74) is 3.48. The molecule has 2 aliphatic rings. The SMILES string of the molecule is CS(=O)(=O)N1C2=Nc3ccccc3C2C/C=C\c2ccccc21. The second-order valence-electron chi connectivity index (χ2n) is 5.81. The summed E-state index contributed by atoms with van der Waals surface area (Å²) in [5, 5.41) is 0. The Hall–Kier alpha value is -2.40. The molecule has 5 heteroatoms. The van der Waals surface area contributed by atoms with Crippen molar-refractivity contribution >= 4 is 33.3 Å². The van der Waals surface area contributed by atoms with Crippen LogP contribution in [0.15, 0.2) is 59.6 Å². The summed E-state index contributed by atoms with van der Waals surface area (Å²) in [6, 6.07) is 15.4. The van der Waals surface area contributed by atoms with Crippen LogP contribution in [0.3, 0.4) is 0 Å². The summed E-state index contributed by atoms with van der Waals surface area (Å²) in [6.45, 7) is 0. The summed E-state index contributed by atoms with van der Waals surface area (Å²) in [6.07, 6.45) is 6.06. The third kappa shape index (κ3) is 2.28. The molecule has 0 aliphatic carbocycles. The van der Waals surface area contributed by atoms with E-state index in [4.69, 9.17) is 0 Å². The molecule has 0 saturated heterocycles. The Morgan fingerprint density at radius 3 is 2.65 bits per heavy atom. The molecule has 2 aromatic carbocycles. The van der Waals surface area contributed by atoms with Gasteiger partial charge in [-0.25, -0.2) is 17.7 Å². The lowest BCUT2D eigenvalue weighted by atomic mass is 9.93. The van der Waals surface area contributed by atoms with Gasteiger partial charge >= 0.3 is 0 Å². The van der Waals surface area contributed by atoms with Crippen molar-refractivity contribution in [3.05, 3.63) is 65.7 Å². The maximum absolute atomic E-state index is 12.5. The predicted molar refractivity (Wildman–Crippen MR) is 93.7 cm³/mol. The van der Waals surface area contributed by atoms with Gasteiger partial charge < -0.3 is 0 Å². The smallest absolute Gasteiger partial charge is 0.233 e. The number of benzene rings is 2. The lowest BCUT2D eigenvalue weighted by molar-refractivity contribution is 0.602. The number of amidine groups is 1. The van der Waals surface area contributed by atoms with E-state index in [0.717, 1.165) is 23.2 Å². The summed E-state index contributed by atoms with van der Waals surface area (Å²) >= 11 is 0. The molecule has 0 N–H and O–H groups in total. The number of rotatable bonds is 1. The molecule has 2 aromatic rings. The number of fused-ring (bicyclic) bond motifs is 4. The number of sulfonamides is 1. The number of allylic oxidation sites excluding steroid dienone is 1. The Balaban J connectivity index is 1.99. The molecule has 4 nitrogen and oxygen atoms in total. The van der Waals surface area contributed by atoms with Crippen LogP contribution in [0.1, 0.15) is 23.5 Å². The van der Waals surface area contributed by atoms with Crippen LogP contribution < -0.4 is 4.31 Å². The monoisotopic (exact) mass is 324 g/mol. The van der Waals surface area contributed by atoms with Crippen LogP contribution >= 0.6 is 0 Å². The highest BCUT2D eigenvalue weighted by Crippen LogP contribution is 2.42. The summed E-state index contributed by atoms with van der Waals surface area (Å²) in [4.78, 5) is 4.65. The van der Waals surface area contributed by atoms with Gasteiger partial charge in [0.25, 0.3) is 0 Å². The molecule has 0 bridgehead atoms. The normalized spacial score (nSPS) is 20.7. The number of hydrogen-bond donors (Lipinski definition) is 0. The van der Waals surface area contributed by atoms with E-state index in [-0.39, 0.29) is 5.92 Å². The summed E-state index contributed by atoms with van der Waals surface area (Å²) in [5.74, 6) is 0.552. The van der Waals surface area contributed by atoms with Gasteiger partial charge in [-0.2, -0.15) is 0 Å². The Labute approximate surface area is 135 Å². The third-order valence-electron chi connectivity index (χ3n) is 4.22. The zero-order valence-corrected chi connectivity index (χ0v) is 13.5. The first-order valence-electron chi connectivity index (χ1n) is 7.49. The van der Waals surface area contributed by atoms with Gasteiger partial charge in [0.15, 0.2) is 0 Å². The molecule has 23 heavy (non-hydrogen) atoms. The fourth-order valence-electron chi connectivity index (χ4n) is 3.26. The number of anilines is 1. The minimum Gasteiger partial charge on any atom is -0.233 e. The second-order valence-corrected chi connectivity index (χ2v) is 7.64. The molecule has 0 saturated carbocycles. The predicted octanol–water partition coefficient (Wildman–Crippen LogP) is 3.70. The molecule has 116 valence electrons. The van der Waals surface area contributed by atoms with Crippen molar-refractivity contribution in [2.75, 3.05) is 10.6 Å². The number of aliphatic imine (C=N–C) groups is 1. The second kappa shape index (κ2) is 5.06. The standard InChI is InChI=1S/C18H16N2O2S/c1-23(21,22)20-17-12-5-2-7-13(17)8-6-10-15-14-9-3-4-11-16(14)19-18(15)20/h2-9,11-12,15H,10H2,1H3/b8-6-. The molecular formula is C18H16N2O2S. The minimum atomic E-state index is -3.48. The Kier molecular flexibility index (Phi) is 3.13. The van der Waals surface area contributed by atoms with Gasteiger partial charge in [0.2, 0.25) is 10.0 Å². The van der Waals surface area contributed by atoms with Crippen LogP contribution in [0.5, 0.6) is 0 Å². The molecule has 2 aliphatic heterocycles. The molecule has 4 rings (SSSR count). The van der Waals surface area contributed by atoms with Crippen molar-refractivity contribution < 1.29 is 8.42 Å². The zero-order chi connectivity index (χ0) is 16.0. The van der Waals surface area contributed by atoms with Crippen LogP contribution in [-0.4, -0.2) is 20.5 Å². The lowest BCUT2D eigenvalue weighted by Gasteiger charge is -2.28. The van der Waals surface area contributed by atoms with Crippen molar-refractivity contribution in [3.63, 3.8) is 0 Å². The number of nitrogens with zero attached hydrogens (tertiary/aromatic N) is 2. The Morgan fingerprint density at radius 1 is 1.09 bits per heavy atom. The van der Waals surface area contributed by atoms with Gasteiger partial charge in [0.1, 0.15) is 5.84 Å². The highest BCUT2D eigenvalue weighted by atomic mass is 32.2. The van der Waals surface area contributed by atoms with E-state index in [0.29, 0.717) is 11.5 Å². The van der Waals surface area contributed by atoms with E-state index in [9.17, 15) is 8.42 Å². The zero-order valence-electron chi connectivity index (χ0n) is 12.7. The van der Waals surface area contributed by atoms with Crippen molar-refractivity contribution in [1.29, 1.82) is 0 Å². The van der Waals surface area contributed by atoms with Gasteiger partial charge in [0, 0.05) is 5.92 Å². The van der Waals surface area contributed by atoms with Crippen LogP contribution in [0.2, 0.25) is 0 Å². The van der Waals surface area contributed by atoms with Crippen molar-refractivity contribution in [1.82, 2.24) is 0 Å². The van der Waals surface area contributed by atoms with Crippen molar-refractivity contribution in [2.24, 2.45) is 4.99 Å². The molecule has 0 radical (unpaired) electrons. The van der Waals surface area contributed by atoms with Gasteiger partial charge in [-0.05, 0) is 29.7 Å². The van der Waals surface area contributed by atoms with Gasteiger partial charge in [-0.3, -0.25) is 0 Å². The topological polar surface area (TPSA) is 49.7 Å². The number of para-hydroxylation sites is 2. The molecule has 1 unspecified atom stereocenters. The van der Waals surface area contributed by atoms with Gasteiger partial charge in [0.05, 0.1) is 17.6 Å². The highest BCUT2D eigenvalue weighted by molar-refractivity contribution is 7.92. The van der Waals surface area contributed by atoms with Crippen LogP contribution in [0, 0.1) is 0 Å². The molecular weight excluding hydrogens is 308 g/mol. The summed E-state index contributed by atoms with van der Waals surface area (Å²) < 4.78 is 26.5.